The van der Waals surface area contributed by atoms with Crippen LogP contribution in [0.15, 0.2) is 207 Å². The second kappa shape index (κ2) is 128. The second-order valence-corrected chi connectivity index (χ2v) is 34.3. The van der Waals surface area contributed by atoms with Crippen molar-refractivity contribution in [2.75, 3.05) is 0 Å². The van der Waals surface area contributed by atoms with Crippen LogP contribution in [0, 0.1) is 71.0 Å². The highest BCUT2D eigenvalue weighted by Crippen LogP contribution is 2.08. The van der Waals surface area contributed by atoms with Crippen LogP contribution in [0.25, 0.3) is 0 Å². The molecule has 724 valence electrons. The summed E-state index contributed by atoms with van der Waals surface area (Å²) in [4.78, 5) is 10.7. The van der Waals surface area contributed by atoms with Crippen LogP contribution in [0.4, 0.5) is 0 Å². The van der Waals surface area contributed by atoms with Gasteiger partial charge in [0.2, 0.25) is 0 Å². The third kappa shape index (κ3) is 268. The normalized spacial score (nSPS) is 8.68. The van der Waals surface area contributed by atoms with Gasteiger partial charge >= 0.3 is 0 Å². The topological polar surface area (TPSA) is 510 Å². The molecule has 0 amide bonds. The highest BCUT2D eigenvalue weighted by molar-refractivity contribution is 7.02. The molecule has 0 radical (unpaired) electrons. The van der Waals surface area contributed by atoms with E-state index < -0.39 is 0 Å². The molecule has 0 aromatic carbocycles. The first-order chi connectivity index (χ1) is 59.9. The molecule has 2 N–H and O–H groups in total. The lowest BCUT2D eigenvalue weighted by Crippen LogP contribution is -1.85. The summed E-state index contributed by atoms with van der Waals surface area (Å²) in [6.07, 6.45) is 35.4. The molecule has 127 heavy (non-hydrogen) atoms. The van der Waals surface area contributed by atoms with Crippen molar-refractivity contribution in [3.05, 3.63) is 191 Å². The van der Waals surface area contributed by atoms with Crippen LogP contribution in [0.5, 0.6) is 0 Å². The highest BCUT2D eigenvalue weighted by atomic mass is 32.1. The molecule has 39 nitrogen and oxygen atoms in total. The highest BCUT2D eigenvalue weighted by Gasteiger charge is 2.03. The zero-order chi connectivity index (χ0) is 99.4. The Hall–Kier alpha value is -11.2. The number of aromatic amines is 2. The molecule has 0 fully saturated rings. The van der Waals surface area contributed by atoms with E-state index in [0.29, 0.717) is 11.8 Å². The summed E-state index contributed by atoms with van der Waals surface area (Å²) in [6, 6.07) is 8.92. The Morgan fingerprint density at radius 2 is 0.827 bits per heavy atom. The predicted molar refractivity (Wildman–Crippen MR) is 512 cm³/mol. The quantitative estimate of drug-likeness (QED) is 0.162. The van der Waals surface area contributed by atoms with Crippen molar-refractivity contribution < 1.29 is 27.2 Å². The molecule has 0 aliphatic heterocycles. The second-order valence-electron chi connectivity index (χ2n) is 32.6. The SMILES string of the molecule is CC(C)C.CC(C)C.CC(C)C.CC(C)C.CC(C)C.CC(C)C.CC(C)C.CC(C)C.CC(C)C.CC(C)C.CC(C)C.CC(C)C.CC(C)c1cnon1.CC(C)c1nnno1.c1ccnnc1.c1cn[nH]c1.c1cnncn1.c1cnnnc1.c1cnoc1.c1cnsn1.c1cocn1.c1conn1.c1nc[nH]n1.c1nnns1.c1nnon1.c1nnsn1. The van der Waals surface area contributed by atoms with Crippen LogP contribution in [-0.2, 0) is 0 Å². The Labute approximate surface area is 774 Å². The average Bonchev–Trinajstić information content (AvgIpc) is 1.83. The van der Waals surface area contributed by atoms with Gasteiger partial charge in [-0.15, -0.1) is 30.6 Å². The van der Waals surface area contributed by atoms with Crippen LogP contribution in [-0.4, -0.2) is 166 Å². The summed E-state index contributed by atoms with van der Waals surface area (Å²) in [6.45, 7) is 86.0. The summed E-state index contributed by atoms with van der Waals surface area (Å²) >= 11 is 3.56. The maximum absolute atomic E-state index is 4.62. The number of oxazole rings is 1. The number of hydrogen-bond donors (Lipinski definition) is 2. The lowest BCUT2D eigenvalue weighted by atomic mass is 10.2. The zero-order valence-electron chi connectivity index (χ0n) is 84.4. The molecule has 0 aliphatic rings. The molecule has 0 atom stereocenters. The summed E-state index contributed by atoms with van der Waals surface area (Å²) < 4.78 is 43.7. The fourth-order valence-corrected chi connectivity index (χ4v) is 3.47. The minimum absolute atomic E-state index is 0.282. The van der Waals surface area contributed by atoms with E-state index in [1.807, 2.05) is 45.9 Å². The van der Waals surface area contributed by atoms with Gasteiger partial charge in [0.25, 0.3) is 5.89 Å². The maximum Gasteiger partial charge on any atom is 0.250 e. The minimum Gasteiger partial charge on any atom is -0.452 e. The maximum atomic E-state index is 4.62. The van der Waals surface area contributed by atoms with Gasteiger partial charge < -0.3 is 18.0 Å². The Bertz CT molecular complexity index is 2690. The Kier molecular flexibility index (Phi) is 143. The van der Waals surface area contributed by atoms with Crippen molar-refractivity contribution >= 4 is 35.0 Å². The molecule has 42 heteroatoms. The van der Waals surface area contributed by atoms with Gasteiger partial charge in [0, 0.05) is 59.6 Å². The molecule has 14 heterocycles. The standard InChI is InChI=1S/C5H8N2O.C4H7N3O.C4H4N2.12C4H10.2C3H3N3.C3H4N2.2C3H3NO.C2H3N3.C2H2N2O.C2H2N2S.CHN3O.2CHN3S/c1-4(2)5-3-6-8-7-5;1-3(2)4-5-6-7-8-4;1-2-4-6-5-3-1;12*1-4(2)3;1-2-5-6-3-4-1;1-2-4-6-5-3-1;1-2-4-5-3-1;1-2-5-3-4-1;1-2-4-5-3-1;1-3-2-5-4-1;1-2-5-4-3-1;2*1-2-4-5-3-1;1-2-3-4-5-1;1-2-4-5-3-1/h3-4H,1-2H3;3H,1-2H3;1-4H;12*4H,1-3H3;2*1-3H;1-3H,(H,4,5);2*1-3H;1-2H,(H,3,4,5);2*1-2H;3*1H. The van der Waals surface area contributed by atoms with Gasteiger partial charge in [-0.3, -0.25) is 10.2 Å². The minimum atomic E-state index is 0.282. The average molecular weight is 1840 g/mol. The van der Waals surface area contributed by atoms with E-state index in [1.165, 1.54) is 92.5 Å². The zero-order valence-corrected chi connectivity index (χ0v) is 86.8. The van der Waals surface area contributed by atoms with Crippen LogP contribution in [0.2, 0.25) is 0 Å². The molecule has 0 saturated carbocycles. The summed E-state index contributed by atoms with van der Waals surface area (Å²) in [5, 5.41) is 82.5. The monoisotopic (exact) mass is 1840 g/mol. The molecule has 0 bridgehead atoms. The van der Waals surface area contributed by atoms with Gasteiger partial charge in [-0.1, -0.05) is 312 Å². The molecule has 14 aromatic heterocycles. The fraction of sp³-hybridized carbons (Fsp3) is 0.635. The first-order valence-electron chi connectivity index (χ1n) is 41.7. The lowest BCUT2D eigenvalue weighted by Gasteiger charge is -1.91. The summed E-state index contributed by atoms with van der Waals surface area (Å²) in [5.74, 6) is 11.3. The molecule has 14 aromatic rings. The van der Waals surface area contributed by atoms with Crippen molar-refractivity contribution in [2.24, 2.45) is 71.0 Å². The van der Waals surface area contributed by atoms with Gasteiger partial charge in [0.05, 0.1) is 89.8 Å². The molecular formula is C85H165N33O6S3. The van der Waals surface area contributed by atoms with Gasteiger partial charge in [-0.2, -0.15) is 38.6 Å². The van der Waals surface area contributed by atoms with Crippen LogP contribution in [0.1, 0.15) is 300 Å². The third-order valence-electron chi connectivity index (χ3n) is 5.76. The Morgan fingerprint density at radius 1 is 0.307 bits per heavy atom. The van der Waals surface area contributed by atoms with Crippen LogP contribution >= 0.6 is 35.0 Å². The summed E-state index contributed by atoms with van der Waals surface area (Å²) in [5.41, 5.74) is 2.48. The van der Waals surface area contributed by atoms with Crippen LogP contribution in [0.3, 0.4) is 0 Å². The number of nitrogens with zero attached hydrogens (tertiary/aromatic N) is 31. The predicted octanol–water partition coefficient (Wildman–Crippen LogP) is 23.5. The van der Waals surface area contributed by atoms with E-state index in [2.05, 4.69) is 442 Å². The van der Waals surface area contributed by atoms with E-state index in [1.54, 1.807) is 92.0 Å². The molecule has 14 rings (SSSR count). The number of nitrogens with one attached hydrogen (secondary N) is 2. The molecule has 0 saturated heterocycles. The smallest absolute Gasteiger partial charge is 0.250 e. The lowest BCUT2D eigenvalue weighted by molar-refractivity contribution is 0.292. The Balaban J connectivity index is -0.000000109. The van der Waals surface area contributed by atoms with Gasteiger partial charge in [0.15, 0.2) is 19.0 Å². The summed E-state index contributed by atoms with van der Waals surface area (Å²) in [7, 11) is 0. The van der Waals surface area contributed by atoms with E-state index in [4.69, 9.17) is 0 Å². The molecule has 0 spiro atoms. The van der Waals surface area contributed by atoms with E-state index >= 15 is 0 Å². The van der Waals surface area contributed by atoms with E-state index in [9.17, 15) is 0 Å². The van der Waals surface area contributed by atoms with Crippen molar-refractivity contribution in [2.45, 2.75) is 289 Å². The first kappa shape index (κ1) is 142. The number of rotatable bonds is 2. The third-order valence-corrected chi connectivity index (χ3v) is 6.90. The van der Waals surface area contributed by atoms with Crippen molar-refractivity contribution in [1.82, 2.24) is 166 Å². The largest absolute Gasteiger partial charge is 0.452 e. The fourth-order valence-electron chi connectivity index (χ4n) is 2.77. The van der Waals surface area contributed by atoms with Crippen molar-refractivity contribution in [3.8, 4) is 0 Å². The molecule has 0 unspecified atom stereocenters. The van der Waals surface area contributed by atoms with Gasteiger partial charge in [-0.25, -0.2) is 24.2 Å². The molecule has 0 aliphatic carbocycles. The number of aromatic nitrogens is 33. The number of hydrogen-bond acceptors (Lipinski definition) is 40. The van der Waals surface area contributed by atoms with Crippen molar-refractivity contribution in [3.63, 3.8) is 0 Å². The number of H-pyrrole nitrogens is 2. The first-order valence-corrected chi connectivity index (χ1v) is 44.0. The van der Waals surface area contributed by atoms with E-state index in [0.717, 1.165) is 88.4 Å². The van der Waals surface area contributed by atoms with E-state index in [-0.39, 0.29) is 5.92 Å². The Morgan fingerprint density at radius 3 is 0.953 bits per heavy atom. The molecular weight excluding hydrogens is 1680 g/mol. The van der Waals surface area contributed by atoms with Crippen molar-refractivity contribution in [1.29, 1.82) is 0 Å². The van der Waals surface area contributed by atoms with Crippen LogP contribution < -0.4 is 0 Å². The van der Waals surface area contributed by atoms with Gasteiger partial charge in [0.1, 0.15) is 49.0 Å². The van der Waals surface area contributed by atoms with Gasteiger partial charge in [-0.05, 0) is 122 Å².